The maximum atomic E-state index is 13.0. The minimum atomic E-state index is -0.480. The summed E-state index contributed by atoms with van der Waals surface area (Å²) >= 11 is 0. The Bertz CT molecular complexity index is 1140. The number of fused-ring (bicyclic) bond motifs is 1. The monoisotopic (exact) mass is 423 g/mol. The van der Waals surface area contributed by atoms with Crippen LogP contribution in [0.3, 0.4) is 0 Å². The Morgan fingerprint density at radius 3 is 2.45 bits per heavy atom. The Hall–Kier alpha value is -2.99. The topological polar surface area (TPSA) is 72.1 Å². The first-order valence-electron chi connectivity index (χ1n) is 10.6. The van der Waals surface area contributed by atoms with Crippen LogP contribution in [0.1, 0.15) is 25.8 Å². The maximum Gasteiger partial charge on any atom is 0.344 e. The number of phenolic OH excluding ortho intramolecular Hbond substituents is 1. The minimum Gasteiger partial charge on any atom is -0.507 e. The van der Waals surface area contributed by atoms with E-state index in [4.69, 9.17) is 13.9 Å². The molecule has 164 valence electrons. The summed E-state index contributed by atoms with van der Waals surface area (Å²) in [6.45, 7) is 6.97. The molecule has 6 heteroatoms. The molecule has 1 N–H and O–H groups in total. The van der Waals surface area contributed by atoms with Crippen molar-refractivity contribution in [2.75, 3.05) is 27.3 Å². The van der Waals surface area contributed by atoms with Crippen LogP contribution in [0.4, 0.5) is 0 Å². The van der Waals surface area contributed by atoms with E-state index in [0.717, 1.165) is 18.5 Å². The van der Waals surface area contributed by atoms with Crippen molar-refractivity contribution in [3.8, 4) is 28.4 Å². The second-order valence-corrected chi connectivity index (χ2v) is 8.64. The largest absolute Gasteiger partial charge is 0.507 e. The van der Waals surface area contributed by atoms with Crippen LogP contribution in [0.25, 0.3) is 22.1 Å². The molecule has 0 aliphatic carbocycles. The highest BCUT2D eigenvalue weighted by Gasteiger charge is 2.24. The van der Waals surface area contributed by atoms with E-state index in [0.29, 0.717) is 52.2 Å². The number of rotatable bonds is 5. The van der Waals surface area contributed by atoms with Gasteiger partial charge in [0, 0.05) is 30.6 Å². The molecule has 2 heterocycles. The number of nitrogens with zero attached hydrogens (tertiary/aromatic N) is 1. The normalized spacial score (nSPS) is 19.5. The van der Waals surface area contributed by atoms with Gasteiger partial charge in [0.1, 0.15) is 22.8 Å². The molecule has 2 atom stereocenters. The number of benzene rings is 2. The van der Waals surface area contributed by atoms with Gasteiger partial charge in [-0.15, -0.1) is 0 Å². The molecular formula is C25H29NO5. The van der Waals surface area contributed by atoms with Crippen molar-refractivity contribution in [2.45, 2.75) is 26.8 Å². The Morgan fingerprint density at radius 2 is 1.77 bits per heavy atom. The third-order valence-corrected chi connectivity index (χ3v) is 6.00. The van der Waals surface area contributed by atoms with Crippen molar-refractivity contribution in [2.24, 2.45) is 11.8 Å². The van der Waals surface area contributed by atoms with Crippen molar-refractivity contribution in [1.29, 1.82) is 0 Å². The zero-order valence-corrected chi connectivity index (χ0v) is 18.5. The van der Waals surface area contributed by atoms with E-state index in [9.17, 15) is 9.90 Å². The maximum absolute atomic E-state index is 13.0. The molecule has 0 amide bonds. The highest BCUT2D eigenvalue weighted by molar-refractivity contribution is 5.87. The first kappa shape index (κ1) is 21.2. The molecule has 2 unspecified atom stereocenters. The second-order valence-electron chi connectivity index (χ2n) is 8.64. The molecule has 0 radical (unpaired) electrons. The lowest BCUT2D eigenvalue weighted by Crippen LogP contribution is -2.38. The van der Waals surface area contributed by atoms with Crippen LogP contribution in [0.15, 0.2) is 45.6 Å². The Labute approximate surface area is 182 Å². The van der Waals surface area contributed by atoms with Gasteiger partial charge in [0.15, 0.2) is 0 Å². The summed E-state index contributed by atoms with van der Waals surface area (Å²) in [5, 5.41) is 11.3. The quantitative estimate of drug-likeness (QED) is 0.602. The van der Waals surface area contributed by atoms with Gasteiger partial charge in [-0.1, -0.05) is 13.8 Å². The van der Waals surface area contributed by atoms with Gasteiger partial charge < -0.3 is 19.0 Å². The lowest BCUT2D eigenvalue weighted by Gasteiger charge is -2.35. The van der Waals surface area contributed by atoms with Gasteiger partial charge in [0.25, 0.3) is 0 Å². The van der Waals surface area contributed by atoms with Crippen LogP contribution in [-0.2, 0) is 6.54 Å². The van der Waals surface area contributed by atoms with Gasteiger partial charge >= 0.3 is 5.63 Å². The van der Waals surface area contributed by atoms with Gasteiger partial charge in [-0.2, -0.15) is 0 Å². The summed E-state index contributed by atoms with van der Waals surface area (Å²) in [4.78, 5) is 15.3. The molecule has 0 bridgehead atoms. The van der Waals surface area contributed by atoms with Gasteiger partial charge in [0.2, 0.25) is 0 Å². The number of hydrogen-bond donors (Lipinski definition) is 1. The Balaban J connectivity index is 1.80. The van der Waals surface area contributed by atoms with E-state index in [-0.39, 0.29) is 5.75 Å². The average Bonchev–Trinajstić information content (AvgIpc) is 2.74. The zero-order valence-electron chi connectivity index (χ0n) is 18.5. The van der Waals surface area contributed by atoms with Crippen molar-refractivity contribution in [3.05, 3.63) is 52.4 Å². The SMILES string of the molecule is COc1ccc(OC)c(-c2cc3ccc(O)c(CN4CC(C)CC(C)C4)c3oc2=O)c1. The van der Waals surface area contributed by atoms with Gasteiger partial charge in [-0.3, -0.25) is 4.90 Å². The van der Waals surface area contributed by atoms with Crippen LogP contribution in [0.5, 0.6) is 17.2 Å². The van der Waals surface area contributed by atoms with Crippen molar-refractivity contribution < 1.29 is 19.0 Å². The van der Waals surface area contributed by atoms with Crippen molar-refractivity contribution >= 4 is 11.0 Å². The number of piperidine rings is 1. The fraction of sp³-hybridized carbons (Fsp3) is 0.400. The number of phenols is 1. The third-order valence-electron chi connectivity index (χ3n) is 6.00. The first-order valence-corrected chi connectivity index (χ1v) is 10.6. The van der Waals surface area contributed by atoms with E-state index >= 15 is 0 Å². The van der Waals surface area contributed by atoms with E-state index in [1.54, 1.807) is 50.6 Å². The van der Waals surface area contributed by atoms with Crippen LogP contribution in [0, 0.1) is 11.8 Å². The third kappa shape index (κ3) is 4.26. The molecule has 1 fully saturated rings. The summed E-state index contributed by atoms with van der Waals surface area (Å²) in [5.41, 5.74) is 1.60. The van der Waals surface area contributed by atoms with E-state index in [1.807, 2.05) is 0 Å². The van der Waals surface area contributed by atoms with Crippen LogP contribution >= 0.6 is 0 Å². The molecule has 31 heavy (non-hydrogen) atoms. The van der Waals surface area contributed by atoms with Gasteiger partial charge in [-0.05, 0) is 54.7 Å². The number of methoxy groups -OCH3 is 2. The van der Waals surface area contributed by atoms with Crippen molar-refractivity contribution in [1.82, 2.24) is 4.90 Å². The second kappa shape index (κ2) is 8.63. The minimum absolute atomic E-state index is 0.147. The number of hydrogen-bond acceptors (Lipinski definition) is 6. The fourth-order valence-corrected chi connectivity index (χ4v) is 4.74. The number of likely N-dealkylation sites (tertiary alicyclic amines) is 1. The predicted molar refractivity (Wildman–Crippen MR) is 121 cm³/mol. The average molecular weight is 424 g/mol. The lowest BCUT2D eigenvalue weighted by atomic mass is 9.91. The van der Waals surface area contributed by atoms with E-state index < -0.39 is 5.63 Å². The van der Waals surface area contributed by atoms with E-state index in [2.05, 4.69) is 18.7 Å². The van der Waals surface area contributed by atoms with Gasteiger partial charge in [0.05, 0.1) is 25.3 Å². The van der Waals surface area contributed by atoms with Crippen molar-refractivity contribution in [3.63, 3.8) is 0 Å². The number of aromatic hydroxyl groups is 1. The molecule has 2 aromatic carbocycles. The highest BCUT2D eigenvalue weighted by Crippen LogP contribution is 2.35. The van der Waals surface area contributed by atoms with Crippen LogP contribution < -0.4 is 15.1 Å². The summed E-state index contributed by atoms with van der Waals surface area (Å²) in [5.74, 6) is 2.52. The molecule has 3 aromatic rings. The Morgan fingerprint density at radius 1 is 1.03 bits per heavy atom. The highest BCUT2D eigenvalue weighted by atomic mass is 16.5. The van der Waals surface area contributed by atoms with Crippen LogP contribution in [0.2, 0.25) is 0 Å². The number of ether oxygens (including phenoxy) is 2. The summed E-state index contributed by atoms with van der Waals surface area (Å²) in [6.07, 6.45) is 1.21. The van der Waals surface area contributed by atoms with E-state index in [1.165, 1.54) is 6.42 Å². The summed E-state index contributed by atoms with van der Waals surface area (Å²) in [6, 6.07) is 10.5. The molecular weight excluding hydrogens is 394 g/mol. The van der Waals surface area contributed by atoms with Gasteiger partial charge in [-0.25, -0.2) is 4.79 Å². The molecule has 6 nitrogen and oxygen atoms in total. The molecule has 1 aliphatic rings. The fourth-order valence-electron chi connectivity index (χ4n) is 4.74. The smallest absolute Gasteiger partial charge is 0.344 e. The molecule has 1 aliphatic heterocycles. The predicted octanol–water partition coefficient (Wildman–Crippen LogP) is 4.66. The molecule has 0 spiro atoms. The molecule has 4 rings (SSSR count). The van der Waals surface area contributed by atoms with Crippen LogP contribution in [-0.4, -0.2) is 37.3 Å². The first-order chi connectivity index (χ1) is 14.9. The zero-order chi connectivity index (χ0) is 22.1. The standard InChI is InChI=1S/C25H29NO5/c1-15-9-16(2)13-26(12-15)14-21-22(27)7-5-17-10-20(25(28)31-24(17)21)19-11-18(29-3)6-8-23(19)30-4/h5-8,10-11,15-16,27H,9,12-14H2,1-4H3. The summed E-state index contributed by atoms with van der Waals surface area (Å²) in [7, 11) is 3.14. The lowest BCUT2D eigenvalue weighted by molar-refractivity contribution is 0.133. The molecule has 1 aromatic heterocycles. The summed E-state index contributed by atoms with van der Waals surface area (Å²) < 4.78 is 16.5. The Kier molecular flexibility index (Phi) is 5.92. The molecule has 0 saturated carbocycles. The molecule has 1 saturated heterocycles.